The van der Waals surface area contributed by atoms with Crippen molar-refractivity contribution >= 4 is 5.91 Å². The number of hydrogen-bond acceptors (Lipinski definition) is 3. The lowest BCUT2D eigenvalue weighted by Gasteiger charge is -2.23. The van der Waals surface area contributed by atoms with Crippen molar-refractivity contribution in [1.82, 2.24) is 5.32 Å². The van der Waals surface area contributed by atoms with Crippen molar-refractivity contribution in [2.75, 3.05) is 19.7 Å². The van der Waals surface area contributed by atoms with Crippen LogP contribution in [0, 0.1) is 5.41 Å². The molecule has 0 atom stereocenters. The fourth-order valence-corrected chi connectivity index (χ4v) is 1.60. The lowest BCUT2D eigenvalue weighted by Crippen LogP contribution is -2.34. The Morgan fingerprint density at radius 3 is 2.47 bits per heavy atom. The van der Waals surface area contributed by atoms with Crippen LogP contribution < -0.4 is 11.1 Å². The second-order valence-electron chi connectivity index (χ2n) is 5.37. The van der Waals surface area contributed by atoms with E-state index in [4.69, 9.17) is 10.8 Å². The molecule has 0 saturated carbocycles. The minimum Gasteiger partial charge on any atom is -0.396 e. The number of amides is 1. The highest BCUT2D eigenvalue weighted by Crippen LogP contribution is 2.18. The van der Waals surface area contributed by atoms with E-state index in [2.05, 4.69) is 5.32 Å². The van der Waals surface area contributed by atoms with Gasteiger partial charge >= 0.3 is 0 Å². The third-order valence-corrected chi connectivity index (χ3v) is 2.91. The lowest BCUT2D eigenvalue weighted by molar-refractivity contribution is -0.121. The van der Waals surface area contributed by atoms with Crippen LogP contribution in [-0.2, 0) is 4.79 Å². The number of nitrogens with two attached hydrogens (primary N) is 1. The molecule has 0 spiro atoms. The number of aliphatic hydroxyl groups is 1. The van der Waals surface area contributed by atoms with Crippen molar-refractivity contribution in [2.45, 2.75) is 52.4 Å². The van der Waals surface area contributed by atoms with Gasteiger partial charge in [0, 0.05) is 19.6 Å². The Balaban J connectivity index is 3.52. The number of carbonyl (C=O) groups is 1. The molecule has 0 aliphatic rings. The third-order valence-electron chi connectivity index (χ3n) is 2.91. The quantitative estimate of drug-likeness (QED) is 0.509. The normalized spacial score (nSPS) is 11.5. The summed E-state index contributed by atoms with van der Waals surface area (Å²) >= 11 is 0. The first kappa shape index (κ1) is 16.4. The van der Waals surface area contributed by atoms with Gasteiger partial charge in [-0.1, -0.05) is 26.7 Å². The molecule has 0 heterocycles. The molecule has 0 unspecified atom stereocenters. The fourth-order valence-electron chi connectivity index (χ4n) is 1.60. The Morgan fingerprint density at radius 2 is 1.88 bits per heavy atom. The molecule has 0 aromatic heterocycles. The standard InChI is InChI=1S/C13H28N2O2/c1-13(2,8-10-16)11-15-12(17)7-5-3-4-6-9-14/h16H,3-11,14H2,1-2H3,(H,15,17). The second-order valence-corrected chi connectivity index (χ2v) is 5.37. The number of unbranched alkanes of at least 4 members (excludes halogenated alkanes) is 3. The topological polar surface area (TPSA) is 75.3 Å². The largest absolute Gasteiger partial charge is 0.396 e. The molecule has 0 bridgehead atoms. The molecule has 4 nitrogen and oxygen atoms in total. The van der Waals surface area contributed by atoms with Crippen molar-refractivity contribution < 1.29 is 9.90 Å². The summed E-state index contributed by atoms with van der Waals surface area (Å²) in [6.07, 6.45) is 5.48. The van der Waals surface area contributed by atoms with Crippen molar-refractivity contribution in [3.63, 3.8) is 0 Å². The van der Waals surface area contributed by atoms with Gasteiger partial charge in [-0.05, 0) is 31.2 Å². The highest BCUT2D eigenvalue weighted by atomic mass is 16.3. The van der Waals surface area contributed by atoms with Crippen LogP contribution >= 0.6 is 0 Å². The molecule has 1 amide bonds. The molecule has 0 aromatic carbocycles. The summed E-state index contributed by atoms with van der Waals surface area (Å²) in [5.74, 6) is 0.115. The van der Waals surface area contributed by atoms with Gasteiger partial charge in [-0.15, -0.1) is 0 Å². The number of hydrogen-bond donors (Lipinski definition) is 3. The Labute approximate surface area is 105 Å². The van der Waals surface area contributed by atoms with E-state index in [9.17, 15) is 4.79 Å². The van der Waals surface area contributed by atoms with Crippen molar-refractivity contribution in [1.29, 1.82) is 0 Å². The monoisotopic (exact) mass is 244 g/mol. The third kappa shape index (κ3) is 10.3. The molecule has 0 radical (unpaired) electrons. The van der Waals surface area contributed by atoms with Crippen LogP contribution in [0.25, 0.3) is 0 Å². The maximum atomic E-state index is 11.5. The summed E-state index contributed by atoms with van der Waals surface area (Å²) in [7, 11) is 0. The first-order valence-corrected chi connectivity index (χ1v) is 6.59. The second kappa shape index (κ2) is 9.42. The van der Waals surface area contributed by atoms with E-state index in [1.807, 2.05) is 13.8 Å². The molecule has 0 fully saturated rings. The van der Waals surface area contributed by atoms with Gasteiger partial charge in [0.1, 0.15) is 0 Å². The summed E-state index contributed by atoms with van der Waals surface area (Å²) in [6.45, 7) is 5.63. The van der Waals surface area contributed by atoms with Gasteiger partial charge in [0.15, 0.2) is 0 Å². The summed E-state index contributed by atoms with van der Waals surface area (Å²) in [5, 5.41) is 11.8. The fraction of sp³-hybridized carbons (Fsp3) is 0.923. The minimum absolute atomic E-state index is 0.0238. The predicted molar refractivity (Wildman–Crippen MR) is 70.6 cm³/mol. The first-order chi connectivity index (χ1) is 8.02. The van der Waals surface area contributed by atoms with Crippen LogP contribution in [0.1, 0.15) is 52.4 Å². The summed E-state index contributed by atoms with van der Waals surface area (Å²) < 4.78 is 0. The molecule has 0 saturated heterocycles. The predicted octanol–water partition coefficient (Wildman–Crippen LogP) is 1.42. The number of carbonyl (C=O) groups excluding carboxylic acids is 1. The van der Waals surface area contributed by atoms with E-state index >= 15 is 0 Å². The Kier molecular flexibility index (Phi) is 9.09. The average Bonchev–Trinajstić information content (AvgIpc) is 2.26. The molecular formula is C13H28N2O2. The smallest absolute Gasteiger partial charge is 0.220 e. The van der Waals surface area contributed by atoms with Gasteiger partial charge in [-0.25, -0.2) is 0 Å². The lowest BCUT2D eigenvalue weighted by atomic mass is 9.90. The van der Waals surface area contributed by atoms with Crippen LogP contribution in [-0.4, -0.2) is 30.7 Å². The molecule has 0 aliphatic heterocycles. The molecule has 0 rings (SSSR count). The maximum Gasteiger partial charge on any atom is 0.220 e. The molecule has 0 aromatic rings. The van der Waals surface area contributed by atoms with E-state index in [1.54, 1.807) is 0 Å². The zero-order valence-electron chi connectivity index (χ0n) is 11.3. The minimum atomic E-state index is -0.0238. The number of nitrogens with one attached hydrogen (secondary N) is 1. The summed E-state index contributed by atoms with van der Waals surface area (Å²) in [5.41, 5.74) is 5.37. The highest BCUT2D eigenvalue weighted by molar-refractivity contribution is 5.75. The van der Waals surface area contributed by atoms with Gasteiger partial charge in [-0.3, -0.25) is 4.79 Å². The summed E-state index contributed by atoms with van der Waals surface area (Å²) in [4.78, 5) is 11.5. The van der Waals surface area contributed by atoms with Crippen molar-refractivity contribution in [3.8, 4) is 0 Å². The first-order valence-electron chi connectivity index (χ1n) is 6.59. The van der Waals surface area contributed by atoms with Crippen LogP contribution in [0.5, 0.6) is 0 Å². The Bertz CT molecular complexity index is 206. The average molecular weight is 244 g/mol. The molecule has 4 N–H and O–H groups in total. The Hall–Kier alpha value is -0.610. The van der Waals surface area contributed by atoms with E-state index in [1.165, 1.54) is 0 Å². The molecule has 17 heavy (non-hydrogen) atoms. The van der Waals surface area contributed by atoms with Gasteiger partial charge < -0.3 is 16.2 Å². The van der Waals surface area contributed by atoms with E-state index < -0.39 is 0 Å². The molecule has 4 heteroatoms. The van der Waals surface area contributed by atoms with Crippen molar-refractivity contribution in [3.05, 3.63) is 0 Å². The SMILES string of the molecule is CC(C)(CCO)CNC(=O)CCCCCCN. The van der Waals surface area contributed by atoms with Gasteiger partial charge in [-0.2, -0.15) is 0 Å². The van der Waals surface area contributed by atoms with E-state index in [-0.39, 0.29) is 17.9 Å². The Morgan fingerprint density at radius 1 is 1.24 bits per heavy atom. The van der Waals surface area contributed by atoms with E-state index in [0.29, 0.717) is 19.4 Å². The molecular weight excluding hydrogens is 216 g/mol. The molecule has 102 valence electrons. The van der Waals surface area contributed by atoms with Gasteiger partial charge in [0.25, 0.3) is 0 Å². The maximum absolute atomic E-state index is 11.5. The van der Waals surface area contributed by atoms with Crippen LogP contribution in [0.2, 0.25) is 0 Å². The van der Waals surface area contributed by atoms with Crippen molar-refractivity contribution in [2.24, 2.45) is 11.1 Å². The van der Waals surface area contributed by atoms with Gasteiger partial charge in [0.2, 0.25) is 5.91 Å². The summed E-state index contributed by atoms with van der Waals surface area (Å²) in [6, 6.07) is 0. The number of aliphatic hydroxyl groups excluding tert-OH is 1. The zero-order chi connectivity index (χ0) is 13.1. The number of rotatable bonds is 10. The van der Waals surface area contributed by atoms with Crippen LogP contribution in [0.15, 0.2) is 0 Å². The van der Waals surface area contributed by atoms with Crippen LogP contribution in [0.4, 0.5) is 0 Å². The van der Waals surface area contributed by atoms with Crippen LogP contribution in [0.3, 0.4) is 0 Å². The zero-order valence-corrected chi connectivity index (χ0v) is 11.3. The highest BCUT2D eigenvalue weighted by Gasteiger charge is 2.17. The molecule has 0 aliphatic carbocycles. The van der Waals surface area contributed by atoms with E-state index in [0.717, 1.165) is 32.2 Å². The van der Waals surface area contributed by atoms with Gasteiger partial charge in [0.05, 0.1) is 0 Å².